The van der Waals surface area contributed by atoms with Crippen LogP contribution in [0.25, 0.3) is 0 Å². The second-order valence-corrected chi connectivity index (χ2v) is 22.4. The minimum atomic E-state index is -1.73. The van der Waals surface area contributed by atoms with Gasteiger partial charge in [0.25, 0.3) is 0 Å². The predicted molar refractivity (Wildman–Crippen MR) is 219 cm³/mol. The van der Waals surface area contributed by atoms with E-state index >= 15 is 0 Å². The minimum Gasteiger partial charge on any atom is -0.481 e. The molecule has 16 heteroatoms. The maximum atomic E-state index is 13.1. The zero-order valence-corrected chi connectivity index (χ0v) is 37.5. The number of ether oxygens (including phenoxy) is 6. The quantitative estimate of drug-likeness (QED) is 0.125. The number of fused-ring (bicyclic) bond motifs is 7. The van der Waals surface area contributed by atoms with Crippen molar-refractivity contribution in [2.24, 2.45) is 50.2 Å². The van der Waals surface area contributed by atoms with Crippen LogP contribution in [0.4, 0.5) is 0 Å². The number of hydrogen-bond donors (Lipinski definition) is 9. The summed E-state index contributed by atoms with van der Waals surface area (Å²) in [7, 11) is 0. The van der Waals surface area contributed by atoms with E-state index in [0.29, 0.717) is 19.3 Å². The molecule has 16 nitrogen and oxygen atoms in total. The third-order valence-corrected chi connectivity index (χ3v) is 18.7. The van der Waals surface area contributed by atoms with Crippen LogP contribution in [0.2, 0.25) is 0 Å². The number of allylic oxidation sites excluding steroid dienone is 2. The summed E-state index contributed by atoms with van der Waals surface area (Å²) in [6.45, 7) is 14.5. The average Bonchev–Trinajstić information content (AvgIpc) is 3.21. The van der Waals surface area contributed by atoms with Crippen molar-refractivity contribution in [3.63, 3.8) is 0 Å². The number of aliphatic carboxylic acids is 1. The predicted octanol–water partition coefficient (Wildman–Crippen LogP) is 1.98. The summed E-state index contributed by atoms with van der Waals surface area (Å²) in [5.74, 6) is -0.342. The lowest BCUT2D eigenvalue weighted by atomic mass is 9.33. The Balaban J connectivity index is 1.02. The Morgan fingerprint density at radius 2 is 1.35 bits per heavy atom. The molecule has 3 heterocycles. The van der Waals surface area contributed by atoms with E-state index in [0.717, 1.165) is 44.9 Å². The van der Waals surface area contributed by atoms with Gasteiger partial charge < -0.3 is 74.4 Å². The first-order valence-corrected chi connectivity index (χ1v) is 23.1. The van der Waals surface area contributed by atoms with Crippen LogP contribution in [0.1, 0.15) is 113 Å². The zero-order chi connectivity index (χ0) is 45.1. The van der Waals surface area contributed by atoms with E-state index in [1.54, 1.807) is 0 Å². The van der Waals surface area contributed by atoms with Crippen LogP contribution in [-0.2, 0) is 33.2 Å². The molecular formula is C46H74O16. The highest BCUT2D eigenvalue weighted by Gasteiger charge is 2.70. The molecule has 4 saturated carbocycles. The Bertz CT molecular complexity index is 1690. The number of aliphatic hydroxyl groups is 8. The second kappa shape index (κ2) is 16.5. The first kappa shape index (κ1) is 47.2. The van der Waals surface area contributed by atoms with Gasteiger partial charge in [0.05, 0.1) is 37.4 Å². The van der Waals surface area contributed by atoms with E-state index in [1.165, 1.54) is 12.5 Å². The normalized spacial score (nSPS) is 55.1. The molecule has 9 N–H and O–H groups in total. The summed E-state index contributed by atoms with van der Waals surface area (Å²) >= 11 is 0. The Hall–Kier alpha value is -1.35. The topological polar surface area (TPSA) is 255 Å². The van der Waals surface area contributed by atoms with Crippen molar-refractivity contribution >= 4 is 5.97 Å². The Morgan fingerprint density at radius 1 is 0.710 bits per heavy atom. The lowest BCUT2D eigenvalue weighted by molar-refractivity contribution is -0.379. The maximum Gasteiger partial charge on any atom is 0.310 e. The number of carboxylic acid groups (broad SMARTS) is 1. The van der Waals surface area contributed by atoms with Crippen LogP contribution in [0.5, 0.6) is 0 Å². The van der Waals surface area contributed by atoms with E-state index in [1.807, 2.05) is 0 Å². The van der Waals surface area contributed by atoms with Gasteiger partial charge >= 0.3 is 5.97 Å². The third kappa shape index (κ3) is 7.19. The summed E-state index contributed by atoms with van der Waals surface area (Å²) in [5, 5.41) is 97.4. The number of aliphatic hydroxyl groups excluding tert-OH is 8. The minimum absolute atomic E-state index is 0.00631. The monoisotopic (exact) mass is 882 g/mol. The second-order valence-electron chi connectivity index (χ2n) is 22.4. The van der Waals surface area contributed by atoms with Crippen LogP contribution in [0, 0.1) is 50.2 Å². The molecular weight excluding hydrogens is 808 g/mol. The lowest BCUT2D eigenvalue weighted by Crippen LogP contribution is -2.67. The van der Waals surface area contributed by atoms with Gasteiger partial charge in [-0.15, -0.1) is 0 Å². The molecule has 8 aliphatic rings. The van der Waals surface area contributed by atoms with Gasteiger partial charge in [0.2, 0.25) is 0 Å². The van der Waals surface area contributed by atoms with Crippen molar-refractivity contribution in [3.8, 4) is 0 Å². The third-order valence-electron chi connectivity index (χ3n) is 18.7. The molecule has 354 valence electrons. The van der Waals surface area contributed by atoms with Gasteiger partial charge in [0.15, 0.2) is 18.9 Å². The molecule has 0 spiro atoms. The Kier molecular flexibility index (Phi) is 12.5. The van der Waals surface area contributed by atoms with Crippen molar-refractivity contribution in [1.29, 1.82) is 0 Å². The van der Waals surface area contributed by atoms with E-state index in [-0.39, 0.29) is 59.2 Å². The highest BCUT2D eigenvalue weighted by atomic mass is 16.8. The fraction of sp³-hybridized carbons (Fsp3) is 0.935. The van der Waals surface area contributed by atoms with Crippen molar-refractivity contribution in [2.45, 2.75) is 199 Å². The average molecular weight is 883 g/mol. The summed E-state index contributed by atoms with van der Waals surface area (Å²) in [4.78, 5) is 13.1. The van der Waals surface area contributed by atoms with E-state index in [9.17, 15) is 50.8 Å². The van der Waals surface area contributed by atoms with Crippen LogP contribution >= 0.6 is 0 Å². The lowest BCUT2D eigenvalue weighted by Gasteiger charge is -2.71. The molecule has 22 atom stereocenters. The van der Waals surface area contributed by atoms with Crippen LogP contribution < -0.4 is 0 Å². The molecule has 7 fully saturated rings. The number of rotatable bonds is 8. The number of carboxylic acids is 1. The Morgan fingerprint density at radius 3 is 2.03 bits per heavy atom. The summed E-state index contributed by atoms with van der Waals surface area (Å²) in [5.41, 5.74) is -0.519. The van der Waals surface area contributed by atoms with Crippen molar-refractivity contribution in [1.82, 2.24) is 0 Å². The van der Waals surface area contributed by atoms with Crippen LogP contribution in [-0.4, -0.2) is 158 Å². The first-order valence-electron chi connectivity index (χ1n) is 23.1. The molecule has 0 unspecified atom stereocenters. The van der Waals surface area contributed by atoms with E-state index < -0.39 is 103 Å². The molecule has 8 rings (SSSR count). The van der Waals surface area contributed by atoms with E-state index in [2.05, 4.69) is 47.6 Å². The Labute approximate surface area is 364 Å². The highest BCUT2D eigenvalue weighted by molar-refractivity contribution is 5.76. The number of hydrogen-bond acceptors (Lipinski definition) is 15. The SMILES string of the molecule is C[C@@H]1O[C@@H](O[C@H]2[C@H](O[C@H]3CC[C@@]4(C)[C@@H](CC[C@]5(C)[C@@H]4CC=C4[C@H]6CC(C)(C)CC[C@]6(C(=O)O)CC[C@]45C)[C@]3(C)CO)OC[C@H](O)[C@@H]2O)[C@H](O)[C@H](O[C@@H]2OC[C@@H](O)[C@@H](O)[C@H]2O)[C@H]1O. The standard InChI is InChI=1S/C46H74O16/c1-22-30(50)35(61-37-33(53)31(51)25(48)19-57-37)34(54)38(59-22)62-36-32(52)26(49)20-58-39(36)60-29-11-12-42(4)27(43(29,5)21-47)10-13-45(7)28(42)9-8-23-24-18-41(2,3)14-16-46(24,40(55)56)17-15-44(23,45)6/h8,22,24-39,47-54H,9-21H2,1-7H3,(H,55,56)/t22-,24+,25+,26-,27+,28+,29-,30-,31+,32-,33+,34+,35+,36+,37-,38-,39-,42-,43-,44+,45+,46-/m0/s1. The molecule has 0 amide bonds. The van der Waals surface area contributed by atoms with Gasteiger partial charge in [0.1, 0.15) is 54.9 Å². The molecule has 0 aromatic heterocycles. The summed E-state index contributed by atoms with van der Waals surface area (Å²) < 4.78 is 36.0. The largest absolute Gasteiger partial charge is 0.481 e. The van der Waals surface area contributed by atoms with Crippen molar-refractivity contribution in [3.05, 3.63) is 11.6 Å². The summed E-state index contributed by atoms with van der Waals surface area (Å²) in [6.07, 6.45) is -9.19. The molecule has 3 saturated heterocycles. The maximum absolute atomic E-state index is 13.1. The zero-order valence-electron chi connectivity index (χ0n) is 37.5. The first-order chi connectivity index (χ1) is 29.0. The molecule has 62 heavy (non-hydrogen) atoms. The van der Waals surface area contributed by atoms with Crippen LogP contribution in [0.15, 0.2) is 11.6 Å². The number of carbonyl (C=O) groups is 1. The molecule has 0 bridgehead atoms. The van der Waals surface area contributed by atoms with Crippen molar-refractivity contribution < 1.29 is 79.2 Å². The summed E-state index contributed by atoms with van der Waals surface area (Å²) in [6, 6.07) is 0. The van der Waals surface area contributed by atoms with Crippen molar-refractivity contribution in [2.75, 3.05) is 19.8 Å². The molecule has 5 aliphatic carbocycles. The van der Waals surface area contributed by atoms with Crippen LogP contribution in [0.3, 0.4) is 0 Å². The van der Waals surface area contributed by atoms with E-state index in [4.69, 9.17) is 28.4 Å². The fourth-order valence-electron chi connectivity index (χ4n) is 14.5. The molecule has 0 radical (unpaired) electrons. The van der Waals surface area contributed by atoms with Gasteiger partial charge in [0, 0.05) is 5.41 Å². The van der Waals surface area contributed by atoms with Gasteiger partial charge in [-0.2, -0.15) is 0 Å². The molecule has 3 aliphatic heterocycles. The van der Waals surface area contributed by atoms with Gasteiger partial charge in [-0.3, -0.25) is 4.79 Å². The van der Waals surface area contributed by atoms with Gasteiger partial charge in [-0.1, -0.05) is 53.2 Å². The fourth-order valence-corrected chi connectivity index (χ4v) is 14.5. The molecule has 0 aromatic rings. The van der Waals surface area contributed by atoms with Gasteiger partial charge in [-0.25, -0.2) is 0 Å². The molecule has 0 aromatic carbocycles. The van der Waals surface area contributed by atoms with Gasteiger partial charge in [-0.05, 0) is 111 Å². The smallest absolute Gasteiger partial charge is 0.310 e. The highest BCUT2D eigenvalue weighted by Crippen LogP contribution is 2.76.